The third-order valence-corrected chi connectivity index (χ3v) is 5.07. The van der Waals surface area contributed by atoms with Gasteiger partial charge in [0, 0.05) is 0 Å². The highest BCUT2D eigenvalue weighted by molar-refractivity contribution is 7.91. The van der Waals surface area contributed by atoms with Gasteiger partial charge in [0.2, 0.25) is 0 Å². The fourth-order valence-corrected chi connectivity index (χ4v) is 3.21. The molecule has 17 heavy (non-hydrogen) atoms. The molecule has 0 saturated carbocycles. The molecule has 0 aromatic carbocycles. The van der Waals surface area contributed by atoms with Gasteiger partial charge in [-0.2, -0.15) is 0 Å². The van der Waals surface area contributed by atoms with Gasteiger partial charge in [-0.05, 0) is 12.8 Å². The van der Waals surface area contributed by atoms with E-state index in [2.05, 4.69) is 6.92 Å². The van der Waals surface area contributed by atoms with E-state index in [1.165, 1.54) is 32.1 Å². The summed E-state index contributed by atoms with van der Waals surface area (Å²) in [6, 6.07) is 0. The monoisotopic (exact) mass is 264 g/mol. The van der Waals surface area contributed by atoms with Crippen LogP contribution in [0.1, 0.15) is 71.6 Å². The van der Waals surface area contributed by atoms with E-state index in [1.807, 2.05) is 0 Å². The molecule has 1 atom stereocenters. The van der Waals surface area contributed by atoms with Gasteiger partial charge in [0.25, 0.3) is 0 Å². The van der Waals surface area contributed by atoms with Crippen molar-refractivity contribution in [3.63, 3.8) is 0 Å². The first-order chi connectivity index (χ1) is 8.04. The summed E-state index contributed by atoms with van der Waals surface area (Å²) in [5.74, 6) is 0.136. The minimum absolute atomic E-state index is 0.136. The Kier molecular flexibility index (Phi) is 9.84. The molecule has 0 heterocycles. The van der Waals surface area contributed by atoms with Crippen LogP contribution in [0, 0.1) is 0 Å². The van der Waals surface area contributed by atoms with Crippen LogP contribution in [-0.2, 0) is 9.84 Å². The Hall–Kier alpha value is -0.0900. The van der Waals surface area contributed by atoms with Crippen molar-refractivity contribution in [1.82, 2.24) is 0 Å². The van der Waals surface area contributed by atoms with Gasteiger partial charge in [-0.15, -0.1) is 0 Å². The maximum absolute atomic E-state index is 11.5. The zero-order valence-electron chi connectivity index (χ0n) is 11.3. The maximum atomic E-state index is 11.5. The molecule has 0 radical (unpaired) electrons. The standard InChI is InChI=1S/C13H28O3S/c1-3-5-6-7-8-9-10-11-12-17(15,16)13(14)4-2/h13-14H,3-12H2,1-2H3. The molecule has 0 aromatic rings. The Labute approximate surface area is 107 Å². The van der Waals surface area contributed by atoms with E-state index in [-0.39, 0.29) is 5.75 Å². The highest BCUT2D eigenvalue weighted by Gasteiger charge is 2.19. The van der Waals surface area contributed by atoms with Crippen LogP contribution in [0.25, 0.3) is 0 Å². The predicted molar refractivity (Wildman–Crippen MR) is 72.7 cm³/mol. The Balaban J connectivity index is 3.45. The molecule has 3 nitrogen and oxygen atoms in total. The Morgan fingerprint density at radius 1 is 0.882 bits per heavy atom. The number of hydrogen-bond acceptors (Lipinski definition) is 3. The van der Waals surface area contributed by atoms with Crippen molar-refractivity contribution >= 4 is 9.84 Å². The highest BCUT2D eigenvalue weighted by Crippen LogP contribution is 2.11. The van der Waals surface area contributed by atoms with Gasteiger partial charge < -0.3 is 5.11 Å². The van der Waals surface area contributed by atoms with E-state index >= 15 is 0 Å². The molecule has 0 aliphatic carbocycles. The van der Waals surface area contributed by atoms with Crippen LogP contribution in [0.15, 0.2) is 0 Å². The number of rotatable bonds is 11. The molecule has 0 bridgehead atoms. The van der Waals surface area contributed by atoms with E-state index in [0.29, 0.717) is 12.8 Å². The lowest BCUT2D eigenvalue weighted by Gasteiger charge is -2.09. The van der Waals surface area contributed by atoms with E-state index < -0.39 is 15.3 Å². The summed E-state index contributed by atoms with van der Waals surface area (Å²) in [6.45, 7) is 3.89. The van der Waals surface area contributed by atoms with Crippen LogP contribution >= 0.6 is 0 Å². The van der Waals surface area contributed by atoms with Crippen LogP contribution in [0.3, 0.4) is 0 Å². The second kappa shape index (κ2) is 9.89. The molecule has 0 fully saturated rings. The molecule has 1 unspecified atom stereocenters. The molecule has 1 N–H and O–H groups in total. The second-order valence-corrected chi connectivity index (χ2v) is 6.98. The average molecular weight is 264 g/mol. The van der Waals surface area contributed by atoms with Crippen molar-refractivity contribution in [2.45, 2.75) is 77.1 Å². The van der Waals surface area contributed by atoms with Crippen molar-refractivity contribution in [1.29, 1.82) is 0 Å². The lowest BCUT2D eigenvalue weighted by Crippen LogP contribution is -2.22. The molecule has 4 heteroatoms. The van der Waals surface area contributed by atoms with Gasteiger partial charge in [0.15, 0.2) is 15.3 Å². The fourth-order valence-electron chi connectivity index (χ4n) is 1.83. The molecule has 0 rings (SSSR count). The third-order valence-electron chi connectivity index (χ3n) is 3.05. The maximum Gasteiger partial charge on any atom is 0.176 e. The first kappa shape index (κ1) is 16.9. The quantitative estimate of drug-likeness (QED) is 0.583. The second-order valence-electron chi connectivity index (χ2n) is 4.70. The summed E-state index contributed by atoms with van der Waals surface area (Å²) in [5.41, 5.74) is -1.16. The van der Waals surface area contributed by atoms with Gasteiger partial charge in [0.05, 0.1) is 5.75 Å². The lowest BCUT2D eigenvalue weighted by atomic mass is 10.1. The van der Waals surface area contributed by atoms with Crippen LogP contribution < -0.4 is 0 Å². The number of aliphatic hydroxyl groups excluding tert-OH is 1. The highest BCUT2D eigenvalue weighted by atomic mass is 32.2. The van der Waals surface area contributed by atoms with Crippen molar-refractivity contribution < 1.29 is 13.5 Å². The van der Waals surface area contributed by atoms with Gasteiger partial charge in [-0.3, -0.25) is 0 Å². The SMILES string of the molecule is CCCCCCCCCCS(=O)(=O)C(O)CC. The predicted octanol–water partition coefficient (Wildman–Crippen LogP) is 3.27. The zero-order chi connectivity index (χ0) is 13.1. The van der Waals surface area contributed by atoms with Crippen LogP contribution in [-0.4, -0.2) is 24.7 Å². The summed E-state index contributed by atoms with van der Waals surface area (Å²) >= 11 is 0. The van der Waals surface area contributed by atoms with Gasteiger partial charge in [-0.25, -0.2) is 8.42 Å². The first-order valence-electron chi connectivity index (χ1n) is 6.94. The minimum atomic E-state index is -3.26. The van der Waals surface area contributed by atoms with E-state index in [0.717, 1.165) is 12.8 Å². The Morgan fingerprint density at radius 3 is 1.82 bits per heavy atom. The molecule has 0 aromatic heterocycles. The molecule has 0 saturated heterocycles. The average Bonchev–Trinajstić information content (AvgIpc) is 2.31. The third kappa shape index (κ3) is 8.61. The van der Waals surface area contributed by atoms with Crippen molar-refractivity contribution in [2.75, 3.05) is 5.75 Å². The Bertz CT molecular complexity index is 260. The lowest BCUT2D eigenvalue weighted by molar-refractivity contribution is 0.244. The van der Waals surface area contributed by atoms with Crippen LogP contribution in [0.5, 0.6) is 0 Å². The van der Waals surface area contributed by atoms with Gasteiger partial charge in [-0.1, -0.05) is 58.8 Å². The fraction of sp³-hybridized carbons (Fsp3) is 1.00. The number of hydrogen-bond donors (Lipinski definition) is 1. The molecule has 0 aliphatic heterocycles. The normalized spacial score (nSPS) is 13.8. The van der Waals surface area contributed by atoms with Crippen molar-refractivity contribution in [3.8, 4) is 0 Å². The number of sulfone groups is 1. The van der Waals surface area contributed by atoms with Crippen molar-refractivity contribution in [2.24, 2.45) is 0 Å². The number of unbranched alkanes of at least 4 members (excludes halogenated alkanes) is 7. The summed E-state index contributed by atoms with van der Waals surface area (Å²) in [6.07, 6.45) is 9.37. The number of aliphatic hydroxyl groups is 1. The van der Waals surface area contributed by atoms with E-state index in [1.54, 1.807) is 6.92 Å². The minimum Gasteiger partial charge on any atom is -0.377 e. The van der Waals surface area contributed by atoms with E-state index in [4.69, 9.17) is 0 Å². The molecular weight excluding hydrogens is 236 g/mol. The Morgan fingerprint density at radius 2 is 1.35 bits per heavy atom. The summed E-state index contributed by atoms with van der Waals surface area (Å²) in [5, 5.41) is 9.30. The van der Waals surface area contributed by atoms with Gasteiger partial charge >= 0.3 is 0 Å². The molecule has 104 valence electrons. The first-order valence-corrected chi connectivity index (χ1v) is 8.65. The van der Waals surface area contributed by atoms with E-state index in [9.17, 15) is 13.5 Å². The topological polar surface area (TPSA) is 54.4 Å². The summed E-state index contributed by atoms with van der Waals surface area (Å²) in [7, 11) is -3.26. The van der Waals surface area contributed by atoms with Crippen LogP contribution in [0.4, 0.5) is 0 Å². The molecule has 0 spiro atoms. The zero-order valence-corrected chi connectivity index (χ0v) is 12.1. The summed E-state index contributed by atoms with van der Waals surface area (Å²) in [4.78, 5) is 0. The molecule has 0 amide bonds. The smallest absolute Gasteiger partial charge is 0.176 e. The molecular formula is C13H28O3S. The van der Waals surface area contributed by atoms with Crippen LogP contribution in [0.2, 0.25) is 0 Å². The largest absolute Gasteiger partial charge is 0.377 e. The summed E-state index contributed by atoms with van der Waals surface area (Å²) < 4.78 is 23.0. The van der Waals surface area contributed by atoms with Crippen molar-refractivity contribution in [3.05, 3.63) is 0 Å². The van der Waals surface area contributed by atoms with Gasteiger partial charge in [0.1, 0.15) is 0 Å². The molecule has 0 aliphatic rings.